The van der Waals surface area contributed by atoms with Crippen LogP contribution in [0.5, 0.6) is 0 Å². The minimum absolute atomic E-state index is 0.135. The van der Waals surface area contributed by atoms with E-state index in [2.05, 4.69) is 5.32 Å². The van der Waals surface area contributed by atoms with E-state index >= 15 is 0 Å². The van der Waals surface area contributed by atoms with Crippen molar-refractivity contribution in [2.45, 2.75) is 52.7 Å². The molecule has 0 radical (unpaired) electrons. The van der Waals surface area contributed by atoms with Crippen LogP contribution in [0, 0.1) is 5.82 Å². The topological polar surface area (TPSA) is 104 Å². The van der Waals surface area contributed by atoms with Gasteiger partial charge in [-0.2, -0.15) is 0 Å². The average molecular weight is 506 g/mol. The molecule has 0 aliphatic heterocycles. The number of hydrogen-bond acceptors (Lipinski definition) is 5. The van der Waals surface area contributed by atoms with Crippen molar-refractivity contribution >= 4 is 33.3 Å². The first-order valence-corrected chi connectivity index (χ1v) is 13.1. The van der Waals surface area contributed by atoms with E-state index in [0.717, 1.165) is 15.5 Å². The summed E-state index contributed by atoms with van der Waals surface area (Å²) in [5.41, 5.74) is 0.609. The Morgan fingerprint density at radius 2 is 1.71 bits per heavy atom. The fraction of sp³-hybridized carbons (Fsp3) is 0.400. The van der Waals surface area contributed by atoms with Crippen LogP contribution in [0.1, 0.15) is 50.0 Å². The third-order valence-corrected chi connectivity index (χ3v) is 6.83. The third kappa shape index (κ3) is 7.61. The van der Waals surface area contributed by atoms with Gasteiger partial charge >= 0.3 is 0 Å². The molecule has 2 rings (SSSR count). The van der Waals surface area contributed by atoms with E-state index in [4.69, 9.17) is 0 Å². The first-order valence-electron chi connectivity index (χ1n) is 11.3. The molecule has 0 heterocycles. The second kappa shape index (κ2) is 11.9. The van der Waals surface area contributed by atoms with Gasteiger partial charge in [-0.1, -0.05) is 37.3 Å². The maximum absolute atomic E-state index is 14.4. The normalized spacial score (nSPS) is 13.0. The molecule has 0 fully saturated rings. The maximum atomic E-state index is 14.4. The molecule has 2 atom stereocenters. The molecule has 0 spiro atoms. The van der Waals surface area contributed by atoms with Crippen LogP contribution in [-0.2, 0) is 26.2 Å². The second-order valence-electron chi connectivity index (χ2n) is 8.48. The van der Waals surface area contributed by atoms with E-state index in [1.165, 1.54) is 50.2 Å². The number of nitrogens with zero attached hydrogens (tertiary/aromatic N) is 2. The molecule has 190 valence electrons. The molecule has 0 aliphatic rings. The van der Waals surface area contributed by atoms with Crippen molar-refractivity contribution in [1.29, 1.82) is 0 Å². The molecule has 2 aromatic carbocycles. The Bertz CT molecular complexity index is 1190. The van der Waals surface area contributed by atoms with Crippen molar-refractivity contribution in [2.75, 3.05) is 17.1 Å². The molecule has 0 saturated heterocycles. The zero-order chi connectivity index (χ0) is 26.3. The number of anilines is 1. The van der Waals surface area contributed by atoms with Gasteiger partial charge in [0.2, 0.25) is 21.8 Å². The average Bonchev–Trinajstić information content (AvgIpc) is 2.80. The van der Waals surface area contributed by atoms with Crippen LogP contribution in [0.4, 0.5) is 10.1 Å². The first-order chi connectivity index (χ1) is 16.3. The highest BCUT2D eigenvalue weighted by Crippen LogP contribution is 2.21. The van der Waals surface area contributed by atoms with Crippen molar-refractivity contribution in [3.63, 3.8) is 0 Å². The summed E-state index contributed by atoms with van der Waals surface area (Å²) in [6, 6.07) is 10.7. The number of benzene rings is 2. The van der Waals surface area contributed by atoms with Crippen LogP contribution in [0.15, 0.2) is 48.5 Å². The lowest BCUT2D eigenvalue weighted by molar-refractivity contribution is -0.139. The predicted octanol–water partition coefficient (Wildman–Crippen LogP) is 3.13. The Kier molecular flexibility index (Phi) is 9.53. The van der Waals surface area contributed by atoms with Crippen LogP contribution >= 0.6 is 0 Å². The van der Waals surface area contributed by atoms with Crippen LogP contribution in [-0.4, -0.2) is 55.8 Å². The number of rotatable bonds is 11. The predicted molar refractivity (Wildman–Crippen MR) is 133 cm³/mol. The summed E-state index contributed by atoms with van der Waals surface area (Å²) in [4.78, 5) is 39.2. The number of ketones is 1. The van der Waals surface area contributed by atoms with Crippen molar-refractivity contribution in [3.8, 4) is 0 Å². The van der Waals surface area contributed by atoms with Gasteiger partial charge in [0.05, 0.1) is 11.9 Å². The van der Waals surface area contributed by atoms with Crippen molar-refractivity contribution in [3.05, 3.63) is 65.5 Å². The van der Waals surface area contributed by atoms with Gasteiger partial charge in [-0.25, -0.2) is 12.8 Å². The van der Waals surface area contributed by atoms with Crippen LogP contribution < -0.4 is 9.62 Å². The number of carbonyl (C=O) groups excluding carboxylic acids is 3. The van der Waals surface area contributed by atoms with Crippen LogP contribution in [0.3, 0.4) is 0 Å². The lowest BCUT2D eigenvalue weighted by atomic mass is 10.1. The molecule has 8 nitrogen and oxygen atoms in total. The standard InChI is InChI=1S/C25H32FN3O5S/c1-6-17(2)27-25(32)18(3)28(15-21-10-7-8-13-23(21)26)24(31)16-29(35(5,33)34)22-12-9-11-20(14-22)19(4)30/h7-14,17-18H,6,15-16H2,1-5H3,(H,27,32)/t17-,18+/m0/s1. The lowest BCUT2D eigenvalue weighted by Gasteiger charge is -2.32. The summed E-state index contributed by atoms with van der Waals surface area (Å²) < 4.78 is 40.5. The second-order valence-corrected chi connectivity index (χ2v) is 10.4. The smallest absolute Gasteiger partial charge is 0.244 e. The highest BCUT2D eigenvalue weighted by Gasteiger charge is 2.31. The van der Waals surface area contributed by atoms with Gasteiger partial charge in [-0.3, -0.25) is 18.7 Å². The van der Waals surface area contributed by atoms with E-state index in [0.29, 0.717) is 6.42 Å². The highest BCUT2D eigenvalue weighted by atomic mass is 32.2. The van der Waals surface area contributed by atoms with E-state index in [1.54, 1.807) is 12.1 Å². The summed E-state index contributed by atoms with van der Waals surface area (Å²) in [7, 11) is -3.94. The quantitative estimate of drug-likeness (QED) is 0.473. The van der Waals surface area contributed by atoms with Gasteiger partial charge in [-0.15, -0.1) is 0 Å². The molecule has 10 heteroatoms. The summed E-state index contributed by atoms with van der Waals surface area (Å²) >= 11 is 0. The van der Waals surface area contributed by atoms with Gasteiger partial charge in [0.15, 0.2) is 5.78 Å². The molecule has 1 N–H and O–H groups in total. The third-order valence-electron chi connectivity index (χ3n) is 5.69. The Labute approximate surface area is 206 Å². The number of halogens is 1. The van der Waals surface area contributed by atoms with Crippen LogP contribution in [0.25, 0.3) is 0 Å². The molecule has 0 saturated carbocycles. The molecule has 0 aliphatic carbocycles. The number of carbonyl (C=O) groups is 3. The summed E-state index contributed by atoms with van der Waals surface area (Å²) in [6.07, 6.45) is 1.62. The van der Waals surface area contributed by atoms with Crippen molar-refractivity contribution in [1.82, 2.24) is 10.2 Å². The van der Waals surface area contributed by atoms with Crippen molar-refractivity contribution in [2.24, 2.45) is 0 Å². The Balaban J connectivity index is 2.44. The molecule has 2 amide bonds. The number of hydrogen-bond donors (Lipinski definition) is 1. The number of amides is 2. The Morgan fingerprint density at radius 1 is 1.06 bits per heavy atom. The number of Topliss-reactive ketones (excluding diaryl/α,β-unsaturated/α-hetero) is 1. The van der Waals surface area contributed by atoms with Crippen molar-refractivity contribution < 1.29 is 27.2 Å². The molecule has 2 aromatic rings. The maximum Gasteiger partial charge on any atom is 0.244 e. The Hall–Kier alpha value is -3.27. The molecular weight excluding hydrogens is 473 g/mol. The lowest BCUT2D eigenvalue weighted by Crippen LogP contribution is -2.52. The molecule has 0 aromatic heterocycles. The summed E-state index contributed by atoms with van der Waals surface area (Å²) in [6.45, 7) is 5.72. The Morgan fingerprint density at radius 3 is 2.29 bits per heavy atom. The van der Waals surface area contributed by atoms with Crippen LogP contribution in [0.2, 0.25) is 0 Å². The molecule has 35 heavy (non-hydrogen) atoms. The fourth-order valence-electron chi connectivity index (χ4n) is 3.35. The summed E-state index contributed by atoms with van der Waals surface area (Å²) in [5, 5.41) is 2.80. The summed E-state index contributed by atoms with van der Waals surface area (Å²) in [5.74, 6) is -1.94. The van der Waals surface area contributed by atoms with Gasteiger partial charge < -0.3 is 10.2 Å². The SMILES string of the molecule is CC[C@H](C)NC(=O)[C@@H](C)N(Cc1ccccc1F)C(=O)CN(c1cccc(C(C)=O)c1)S(C)(=O)=O. The van der Waals surface area contributed by atoms with E-state index < -0.39 is 40.2 Å². The largest absolute Gasteiger partial charge is 0.352 e. The molecule has 0 bridgehead atoms. The molecular formula is C25H32FN3O5S. The fourth-order valence-corrected chi connectivity index (χ4v) is 4.19. The van der Waals surface area contributed by atoms with E-state index in [1.807, 2.05) is 13.8 Å². The monoisotopic (exact) mass is 505 g/mol. The number of sulfonamides is 1. The van der Waals surface area contributed by atoms with Gasteiger partial charge in [0.25, 0.3) is 0 Å². The van der Waals surface area contributed by atoms with E-state index in [-0.39, 0.29) is 35.2 Å². The van der Waals surface area contributed by atoms with Gasteiger partial charge in [0.1, 0.15) is 18.4 Å². The first kappa shape index (κ1) is 28.0. The van der Waals surface area contributed by atoms with E-state index in [9.17, 15) is 27.2 Å². The minimum atomic E-state index is -3.94. The van der Waals surface area contributed by atoms with Gasteiger partial charge in [0, 0.05) is 23.7 Å². The van der Waals surface area contributed by atoms with Gasteiger partial charge in [-0.05, 0) is 45.4 Å². The molecule has 0 unspecified atom stereocenters. The zero-order valence-corrected chi connectivity index (χ0v) is 21.4. The number of nitrogens with one attached hydrogen (secondary N) is 1. The minimum Gasteiger partial charge on any atom is -0.352 e. The zero-order valence-electron chi connectivity index (χ0n) is 20.6. The highest BCUT2D eigenvalue weighted by molar-refractivity contribution is 7.92.